The van der Waals surface area contributed by atoms with E-state index in [9.17, 15) is 48.8 Å². The fourth-order valence-electron chi connectivity index (χ4n) is 9.88. The first-order valence-electron chi connectivity index (χ1n) is 25.8. The van der Waals surface area contributed by atoms with Crippen LogP contribution in [-0.4, -0.2) is 98.0 Å². The van der Waals surface area contributed by atoms with Gasteiger partial charge in [-0.05, 0) is 71.7 Å². The summed E-state index contributed by atoms with van der Waals surface area (Å²) in [5.41, 5.74) is -5.77. The topological polar surface area (TPSA) is 252 Å². The second-order valence-corrected chi connectivity index (χ2v) is 35.4. The summed E-state index contributed by atoms with van der Waals surface area (Å²) < 4.78 is 35.7. The van der Waals surface area contributed by atoms with Crippen LogP contribution in [0.3, 0.4) is 0 Å². The van der Waals surface area contributed by atoms with E-state index in [1.807, 2.05) is 115 Å². The summed E-state index contributed by atoms with van der Waals surface area (Å²) in [5, 5.41) is 25.8. The Balaban J connectivity index is 1.20. The highest BCUT2D eigenvalue weighted by Gasteiger charge is 2.57. The lowest BCUT2D eigenvalue weighted by atomic mass is 10.1. The standard InChI is InChI=1S/C56H67N4O15PSSi2/c1-36-33-57(52(66)59(47(36)61)49(63)38-23-15-11-16-24-38)44-31-42(74-78(9,10)54(3,4)5)46(73-44)51(65)77-76(69,70)75-56(68)32-45(58-34-37(2)48(62)60(53(58)67)50(64)39-25-17-12-18-26-39)72-43(56)35-71-79(55(6,7)8,40-27-19-13-20-28-40)41-29-21-14-22-30-41/h11-30,33-34,42-46,51,65,68H,31-32,35H2,1-10H3,(H-,69,70)/t42-,43+,44+,45+,46-,51?,56+/m0/s1. The van der Waals surface area contributed by atoms with Crippen molar-refractivity contribution < 1.29 is 52.4 Å². The first kappa shape index (κ1) is 59.4. The molecular weight excluding hydrogens is 1090 g/mol. The zero-order valence-electron chi connectivity index (χ0n) is 45.7. The number of benzene rings is 4. The average Bonchev–Trinajstić information content (AvgIpc) is 4.22. The number of nitrogens with zero attached hydrogens (tertiary/aromatic N) is 4. The van der Waals surface area contributed by atoms with Crippen molar-refractivity contribution in [1.82, 2.24) is 18.3 Å². The summed E-state index contributed by atoms with van der Waals surface area (Å²) in [6, 6.07) is 34.5. The Bertz CT molecular complexity index is 3480. The summed E-state index contributed by atoms with van der Waals surface area (Å²) in [7, 11) is -6.21. The highest BCUT2D eigenvalue weighted by molar-refractivity contribution is 8.16. The third-order valence-corrected chi connectivity index (χ3v) is 27.4. The summed E-state index contributed by atoms with van der Waals surface area (Å²) in [6.45, 7) is 12.9. The minimum Gasteiger partial charge on any atom is -0.742 e. The van der Waals surface area contributed by atoms with E-state index in [-0.39, 0.29) is 39.6 Å². The Labute approximate surface area is 462 Å². The molecule has 0 radical (unpaired) electrons. The van der Waals surface area contributed by atoms with Gasteiger partial charge in [0.1, 0.15) is 18.6 Å². The minimum absolute atomic E-state index is 0.0182. The van der Waals surface area contributed by atoms with Gasteiger partial charge >= 0.3 is 23.5 Å². The van der Waals surface area contributed by atoms with Crippen LogP contribution in [0.4, 0.5) is 0 Å². The first-order chi connectivity index (χ1) is 37.0. The Hall–Kier alpha value is -5.70. The molecule has 0 aliphatic carbocycles. The van der Waals surface area contributed by atoms with Gasteiger partial charge in [0.25, 0.3) is 31.3 Å². The molecule has 4 aromatic carbocycles. The number of carbonyl (C=O) groups is 2. The molecule has 0 bridgehead atoms. The highest BCUT2D eigenvalue weighted by Crippen LogP contribution is 2.50. The molecule has 3 N–H and O–H groups in total. The molecule has 2 aliphatic rings. The summed E-state index contributed by atoms with van der Waals surface area (Å²) in [6.07, 6.45) is -5.45. The van der Waals surface area contributed by atoms with Crippen molar-refractivity contribution in [3.05, 3.63) is 198 Å². The molecule has 0 saturated carbocycles. The molecule has 79 heavy (non-hydrogen) atoms. The Morgan fingerprint density at radius 3 is 1.58 bits per heavy atom. The molecule has 2 aromatic heterocycles. The minimum atomic E-state index is -5.35. The molecule has 2 saturated heterocycles. The maximum absolute atomic E-state index is 14.8. The Morgan fingerprint density at radius 1 is 0.722 bits per heavy atom. The van der Waals surface area contributed by atoms with Crippen LogP contribution >= 0.6 is 6.72 Å². The molecule has 4 heterocycles. The van der Waals surface area contributed by atoms with Gasteiger partial charge in [-0.25, -0.2) is 9.59 Å². The molecule has 8 atom stereocenters. The number of rotatable bonds is 15. The van der Waals surface area contributed by atoms with Crippen LogP contribution in [0.25, 0.3) is 0 Å². The van der Waals surface area contributed by atoms with E-state index >= 15 is 0 Å². The normalized spacial score (nSPS) is 22.1. The number of aryl methyl sites for hydroxylation is 2. The second-order valence-electron chi connectivity index (χ2n) is 22.5. The fourth-order valence-corrected chi connectivity index (χ4v) is 18.7. The van der Waals surface area contributed by atoms with Crippen molar-refractivity contribution in [2.45, 2.75) is 133 Å². The van der Waals surface area contributed by atoms with E-state index in [1.54, 1.807) is 36.4 Å². The maximum Gasteiger partial charge on any atom is 0.340 e. The predicted octanol–water partition coefficient (Wildman–Crippen LogP) is 4.71. The third kappa shape index (κ3) is 11.9. The lowest BCUT2D eigenvalue weighted by Crippen LogP contribution is -2.67. The third-order valence-electron chi connectivity index (χ3n) is 15.0. The van der Waals surface area contributed by atoms with Gasteiger partial charge in [0.15, 0.2) is 14.4 Å². The van der Waals surface area contributed by atoms with Crippen LogP contribution in [-0.2, 0) is 33.8 Å². The van der Waals surface area contributed by atoms with E-state index in [0.717, 1.165) is 19.5 Å². The number of ether oxygens (including phenoxy) is 2. The van der Waals surface area contributed by atoms with E-state index in [2.05, 4.69) is 0 Å². The van der Waals surface area contributed by atoms with E-state index in [1.165, 1.54) is 50.5 Å². The van der Waals surface area contributed by atoms with Crippen molar-refractivity contribution in [3.8, 4) is 0 Å². The molecule has 8 rings (SSSR count). The molecule has 2 unspecified atom stereocenters. The molecule has 6 aromatic rings. The number of hydrogen-bond donors (Lipinski definition) is 3. The molecule has 0 amide bonds. The van der Waals surface area contributed by atoms with Crippen molar-refractivity contribution in [2.24, 2.45) is 0 Å². The van der Waals surface area contributed by atoms with Crippen molar-refractivity contribution >= 4 is 56.5 Å². The average molecular weight is 1160 g/mol. The van der Waals surface area contributed by atoms with Crippen LogP contribution < -0.4 is 37.8 Å². The van der Waals surface area contributed by atoms with Gasteiger partial charge in [0.2, 0.25) is 16.7 Å². The van der Waals surface area contributed by atoms with Crippen LogP contribution in [0.5, 0.6) is 0 Å². The predicted molar refractivity (Wildman–Crippen MR) is 303 cm³/mol. The Kier molecular flexibility index (Phi) is 17.1. The highest BCUT2D eigenvalue weighted by atomic mass is 32.5. The summed E-state index contributed by atoms with van der Waals surface area (Å²) >= 11 is 0. The van der Waals surface area contributed by atoms with Gasteiger partial charge in [-0.2, -0.15) is 9.13 Å². The number of aliphatic hydroxyl groups is 2. The molecular formula is C56H67N4O15PSSi2. The van der Waals surface area contributed by atoms with Crippen LogP contribution in [0.2, 0.25) is 23.2 Å². The lowest BCUT2D eigenvalue weighted by molar-refractivity contribution is -0.252. The molecule has 19 nitrogen and oxygen atoms in total. The van der Waals surface area contributed by atoms with E-state index < -0.39 is 123 Å². The summed E-state index contributed by atoms with van der Waals surface area (Å²) in [4.78, 5) is 110. The monoisotopic (exact) mass is 1150 g/mol. The van der Waals surface area contributed by atoms with Gasteiger partial charge in [-0.3, -0.25) is 32.8 Å². The lowest BCUT2D eigenvalue weighted by Gasteiger charge is -2.44. The Morgan fingerprint density at radius 2 is 1.15 bits per heavy atom. The quantitative estimate of drug-likeness (QED) is 0.0545. The van der Waals surface area contributed by atoms with Gasteiger partial charge in [0, 0.05) is 41.1 Å². The largest absolute Gasteiger partial charge is 0.742 e. The van der Waals surface area contributed by atoms with Crippen LogP contribution in [0.15, 0.2) is 153 Å². The zero-order valence-corrected chi connectivity index (χ0v) is 49.4. The van der Waals surface area contributed by atoms with Crippen LogP contribution in [0.1, 0.15) is 98.7 Å². The first-order valence-corrected chi connectivity index (χ1v) is 33.6. The maximum atomic E-state index is 14.8. The molecule has 2 aliphatic heterocycles. The zero-order chi connectivity index (χ0) is 57.6. The number of aromatic nitrogens is 4. The number of hydrogen-bond acceptors (Lipinski definition) is 14. The molecule has 2 fully saturated rings. The number of aliphatic hydroxyl groups excluding tert-OH is 1. The van der Waals surface area contributed by atoms with E-state index in [4.69, 9.17) is 22.8 Å². The van der Waals surface area contributed by atoms with Gasteiger partial charge in [-0.15, -0.1) is 0 Å². The second kappa shape index (κ2) is 22.7. The van der Waals surface area contributed by atoms with Gasteiger partial charge in [0.05, 0.1) is 19.1 Å². The summed E-state index contributed by atoms with van der Waals surface area (Å²) in [5.74, 6) is -4.60. The fraction of sp³-hybridized carbons (Fsp3) is 0.393. The molecule has 23 heteroatoms. The SMILES string of the molecule is Cc1cn([C@H]2C[C@H](O[Si](C)(C)C(C)(C)C)[C@@H](C(O)[S+]=P([O-])(O)O[C@]3(O)C[C@H](n4cc(C)c(=O)n(C(=O)c5ccccc5)c4=O)O[C@@H]3CO[Si](c3ccccc3)(c3ccccc3)C(C)(C)C)O2)c(=O)n(C(=O)c2ccccc2)c1=O. The molecule has 0 spiro atoms. The van der Waals surface area contributed by atoms with Crippen molar-refractivity contribution in [1.29, 1.82) is 0 Å². The van der Waals surface area contributed by atoms with Crippen molar-refractivity contribution in [3.63, 3.8) is 0 Å². The van der Waals surface area contributed by atoms with E-state index in [0.29, 0.717) is 9.13 Å². The van der Waals surface area contributed by atoms with Crippen LogP contribution in [0, 0.1) is 13.8 Å². The van der Waals surface area contributed by atoms with Gasteiger partial charge < -0.3 is 38.3 Å². The molecule has 420 valence electrons. The van der Waals surface area contributed by atoms with Crippen molar-refractivity contribution in [2.75, 3.05) is 6.61 Å². The van der Waals surface area contributed by atoms with Gasteiger partial charge in [-0.1, -0.05) is 139 Å². The number of carbonyl (C=O) groups excluding carboxylic acids is 2. The smallest absolute Gasteiger partial charge is 0.340 e.